The van der Waals surface area contributed by atoms with E-state index in [1.807, 2.05) is 31.2 Å². The summed E-state index contributed by atoms with van der Waals surface area (Å²) >= 11 is 5.93. The van der Waals surface area contributed by atoms with Crippen molar-refractivity contribution in [2.75, 3.05) is 6.61 Å². The minimum Gasteiger partial charge on any atom is -0.488 e. The van der Waals surface area contributed by atoms with Crippen LogP contribution < -0.4 is 4.74 Å². The molecule has 4 heteroatoms. The van der Waals surface area contributed by atoms with Crippen LogP contribution in [0.2, 0.25) is 23.2 Å². The van der Waals surface area contributed by atoms with Gasteiger partial charge >= 0.3 is 0 Å². The van der Waals surface area contributed by atoms with Gasteiger partial charge < -0.3 is 9.16 Å². The molecule has 0 N–H and O–H groups in total. The van der Waals surface area contributed by atoms with Gasteiger partial charge in [-0.3, -0.25) is 0 Å². The van der Waals surface area contributed by atoms with E-state index in [-0.39, 0.29) is 11.1 Å². The summed E-state index contributed by atoms with van der Waals surface area (Å²) in [6, 6.07) is 7.46. The van der Waals surface area contributed by atoms with Gasteiger partial charge in [0.1, 0.15) is 11.9 Å². The standard InChI is InChI=1S/C15H25ClO2Si/c1-12(11-17-19(5,6)15(2,3)4)18-14-9-7-8-13(16)10-14/h7-10,12H,11H2,1-6H3. The van der Waals surface area contributed by atoms with E-state index < -0.39 is 8.32 Å². The molecule has 2 nitrogen and oxygen atoms in total. The SMILES string of the molecule is CC(CO[Si](C)(C)C(C)(C)C)Oc1cccc(Cl)c1. The van der Waals surface area contributed by atoms with Gasteiger partial charge in [0.05, 0.1) is 6.61 Å². The number of rotatable bonds is 5. The molecule has 1 atom stereocenters. The van der Waals surface area contributed by atoms with Crippen LogP contribution in [0.3, 0.4) is 0 Å². The first kappa shape index (κ1) is 16.5. The molecule has 0 amide bonds. The molecular formula is C15H25ClO2Si. The Morgan fingerprint density at radius 1 is 1.26 bits per heavy atom. The van der Waals surface area contributed by atoms with Crippen molar-refractivity contribution in [1.82, 2.24) is 0 Å². The van der Waals surface area contributed by atoms with Crippen LogP contribution >= 0.6 is 11.6 Å². The fourth-order valence-corrected chi connectivity index (χ4v) is 2.61. The zero-order chi connectivity index (χ0) is 14.7. The Bertz CT molecular complexity index is 413. The molecule has 1 unspecified atom stereocenters. The van der Waals surface area contributed by atoms with Gasteiger partial charge in [-0.05, 0) is 43.3 Å². The summed E-state index contributed by atoms with van der Waals surface area (Å²) in [5.41, 5.74) is 0. The first-order valence-electron chi connectivity index (χ1n) is 6.68. The Balaban J connectivity index is 2.51. The van der Waals surface area contributed by atoms with Crippen molar-refractivity contribution in [1.29, 1.82) is 0 Å². The Hall–Kier alpha value is -0.513. The normalized spacial score (nSPS) is 14.3. The van der Waals surface area contributed by atoms with Crippen LogP contribution in [0, 0.1) is 0 Å². The van der Waals surface area contributed by atoms with Gasteiger partial charge in [0, 0.05) is 5.02 Å². The molecule has 0 aromatic heterocycles. The van der Waals surface area contributed by atoms with Gasteiger partial charge in [0.2, 0.25) is 0 Å². The van der Waals surface area contributed by atoms with E-state index in [1.165, 1.54) is 0 Å². The summed E-state index contributed by atoms with van der Waals surface area (Å²) in [4.78, 5) is 0. The van der Waals surface area contributed by atoms with E-state index in [4.69, 9.17) is 20.8 Å². The van der Waals surface area contributed by atoms with Crippen LogP contribution in [-0.4, -0.2) is 21.0 Å². The number of ether oxygens (including phenoxy) is 1. The quantitative estimate of drug-likeness (QED) is 0.702. The first-order chi connectivity index (χ1) is 8.62. The Labute approximate surface area is 123 Å². The summed E-state index contributed by atoms with van der Waals surface area (Å²) in [6.07, 6.45) is 0.0209. The van der Waals surface area contributed by atoms with Gasteiger partial charge in [-0.25, -0.2) is 0 Å². The molecule has 0 radical (unpaired) electrons. The molecule has 0 bridgehead atoms. The van der Waals surface area contributed by atoms with Gasteiger partial charge in [0.25, 0.3) is 0 Å². The van der Waals surface area contributed by atoms with Crippen molar-refractivity contribution in [3.05, 3.63) is 29.3 Å². The smallest absolute Gasteiger partial charge is 0.192 e. The summed E-state index contributed by atoms with van der Waals surface area (Å²) in [7, 11) is -1.70. The molecule has 1 rings (SSSR count). The molecule has 0 spiro atoms. The predicted molar refractivity (Wildman–Crippen MR) is 84.7 cm³/mol. The van der Waals surface area contributed by atoms with Gasteiger partial charge in [-0.2, -0.15) is 0 Å². The van der Waals surface area contributed by atoms with Gasteiger partial charge in [-0.1, -0.05) is 38.4 Å². The lowest BCUT2D eigenvalue weighted by atomic mass is 10.2. The van der Waals surface area contributed by atoms with E-state index >= 15 is 0 Å². The predicted octanol–water partition coefficient (Wildman–Crippen LogP) is 5.13. The Morgan fingerprint density at radius 3 is 2.42 bits per heavy atom. The second kappa shape index (κ2) is 6.29. The van der Waals surface area contributed by atoms with Crippen LogP contribution in [0.5, 0.6) is 5.75 Å². The molecule has 0 saturated heterocycles. The maximum atomic E-state index is 6.14. The highest BCUT2D eigenvalue weighted by Crippen LogP contribution is 2.36. The first-order valence-corrected chi connectivity index (χ1v) is 9.96. The van der Waals surface area contributed by atoms with Crippen LogP contribution in [0.15, 0.2) is 24.3 Å². The highest BCUT2D eigenvalue weighted by atomic mass is 35.5. The van der Waals surface area contributed by atoms with E-state index in [1.54, 1.807) is 0 Å². The van der Waals surface area contributed by atoms with E-state index in [0.29, 0.717) is 11.6 Å². The van der Waals surface area contributed by atoms with Crippen LogP contribution in [-0.2, 0) is 4.43 Å². The van der Waals surface area contributed by atoms with Crippen molar-refractivity contribution in [2.45, 2.75) is 51.9 Å². The van der Waals surface area contributed by atoms with Gasteiger partial charge in [0.15, 0.2) is 8.32 Å². The number of hydrogen-bond donors (Lipinski definition) is 0. The second-order valence-corrected chi connectivity index (χ2v) is 11.7. The average molecular weight is 301 g/mol. The highest BCUT2D eigenvalue weighted by molar-refractivity contribution is 6.74. The Kier molecular flexibility index (Phi) is 5.48. The second-order valence-electron chi connectivity index (χ2n) is 6.46. The van der Waals surface area contributed by atoms with Crippen LogP contribution in [0.1, 0.15) is 27.7 Å². The lowest BCUT2D eigenvalue weighted by molar-refractivity contribution is 0.134. The summed E-state index contributed by atoms with van der Waals surface area (Å²) in [5, 5.41) is 0.915. The molecule has 19 heavy (non-hydrogen) atoms. The average Bonchev–Trinajstić information content (AvgIpc) is 2.25. The number of halogens is 1. The molecule has 0 aliphatic heterocycles. The monoisotopic (exact) mass is 300 g/mol. The fourth-order valence-electron chi connectivity index (χ4n) is 1.35. The molecule has 0 heterocycles. The molecule has 0 aliphatic rings. The molecular weight excluding hydrogens is 276 g/mol. The zero-order valence-corrected chi connectivity index (χ0v) is 14.5. The Morgan fingerprint density at radius 2 is 1.89 bits per heavy atom. The van der Waals surface area contributed by atoms with E-state index in [9.17, 15) is 0 Å². The van der Waals surface area contributed by atoms with Crippen molar-refractivity contribution in [2.24, 2.45) is 0 Å². The van der Waals surface area contributed by atoms with Crippen LogP contribution in [0.25, 0.3) is 0 Å². The minimum atomic E-state index is -1.70. The van der Waals surface area contributed by atoms with Crippen LogP contribution in [0.4, 0.5) is 0 Å². The maximum Gasteiger partial charge on any atom is 0.192 e. The lowest BCUT2D eigenvalue weighted by Crippen LogP contribution is -2.43. The molecule has 0 saturated carbocycles. The number of benzene rings is 1. The van der Waals surface area contributed by atoms with Crippen molar-refractivity contribution in [3.63, 3.8) is 0 Å². The molecule has 0 aliphatic carbocycles. The minimum absolute atomic E-state index is 0.0209. The van der Waals surface area contributed by atoms with Crippen molar-refractivity contribution < 1.29 is 9.16 Å². The maximum absolute atomic E-state index is 6.14. The van der Waals surface area contributed by atoms with E-state index in [2.05, 4.69) is 33.9 Å². The molecule has 0 fully saturated rings. The molecule has 1 aromatic carbocycles. The summed E-state index contributed by atoms with van der Waals surface area (Å²) in [6.45, 7) is 13.8. The molecule has 1 aromatic rings. The van der Waals surface area contributed by atoms with Crippen molar-refractivity contribution >= 4 is 19.9 Å². The lowest BCUT2D eigenvalue weighted by Gasteiger charge is -2.36. The molecule has 108 valence electrons. The zero-order valence-electron chi connectivity index (χ0n) is 12.8. The third kappa shape index (κ3) is 5.17. The van der Waals surface area contributed by atoms with E-state index in [0.717, 1.165) is 5.75 Å². The third-order valence-corrected chi connectivity index (χ3v) is 8.35. The summed E-state index contributed by atoms with van der Waals surface area (Å²) in [5.74, 6) is 0.791. The van der Waals surface area contributed by atoms with Crippen molar-refractivity contribution in [3.8, 4) is 5.75 Å². The van der Waals surface area contributed by atoms with Gasteiger partial charge in [-0.15, -0.1) is 0 Å². The summed E-state index contributed by atoms with van der Waals surface area (Å²) < 4.78 is 12.0. The fraction of sp³-hybridized carbons (Fsp3) is 0.600. The topological polar surface area (TPSA) is 18.5 Å². The third-order valence-electron chi connectivity index (χ3n) is 3.62. The number of hydrogen-bond acceptors (Lipinski definition) is 2. The highest BCUT2D eigenvalue weighted by Gasteiger charge is 2.37. The largest absolute Gasteiger partial charge is 0.488 e.